The van der Waals surface area contributed by atoms with Gasteiger partial charge in [-0.1, -0.05) is 24.3 Å². The van der Waals surface area contributed by atoms with Gasteiger partial charge in [-0.25, -0.2) is 0 Å². The minimum Gasteiger partial charge on any atom is -0.497 e. The van der Waals surface area contributed by atoms with Crippen LogP contribution in [0, 0.1) is 0 Å². The number of hydrogen-bond donors (Lipinski definition) is 2. The maximum absolute atomic E-state index is 13.9. The number of methoxy groups -OCH3 is 2. The molecule has 4 aromatic rings. The van der Waals surface area contributed by atoms with Crippen LogP contribution in [0.2, 0.25) is 0 Å². The number of carbonyl (C=O) groups is 1. The summed E-state index contributed by atoms with van der Waals surface area (Å²) < 4.78 is 16.9. The molecule has 1 aliphatic heterocycles. The zero-order valence-electron chi connectivity index (χ0n) is 20.5. The molecule has 7 nitrogen and oxygen atoms in total. The molecular formula is C30H26N2O5. The summed E-state index contributed by atoms with van der Waals surface area (Å²) in [7, 11) is 3.24. The van der Waals surface area contributed by atoms with Gasteiger partial charge in [-0.05, 0) is 48.9 Å². The van der Waals surface area contributed by atoms with E-state index in [2.05, 4.69) is 10.6 Å². The van der Waals surface area contributed by atoms with Crippen molar-refractivity contribution in [3.05, 3.63) is 106 Å². The number of para-hydroxylation sites is 3. The molecule has 1 aliphatic carbocycles. The van der Waals surface area contributed by atoms with Gasteiger partial charge in [-0.15, -0.1) is 0 Å². The summed E-state index contributed by atoms with van der Waals surface area (Å²) in [5, 5.41) is 7.45. The molecule has 0 radical (unpaired) electrons. The lowest BCUT2D eigenvalue weighted by Gasteiger charge is -2.30. The van der Waals surface area contributed by atoms with Gasteiger partial charge >= 0.3 is 0 Å². The Morgan fingerprint density at radius 1 is 0.865 bits per heavy atom. The summed E-state index contributed by atoms with van der Waals surface area (Å²) in [5.41, 5.74) is 4.64. The monoisotopic (exact) mass is 494 g/mol. The summed E-state index contributed by atoms with van der Waals surface area (Å²) >= 11 is 0. The van der Waals surface area contributed by atoms with Crippen molar-refractivity contribution < 1.29 is 18.7 Å². The molecule has 1 aromatic heterocycles. The molecule has 2 aliphatic rings. The van der Waals surface area contributed by atoms with Gasteiger partial charge in [0.2, 0.25) is 0 Å². The molecule has 0 fully saturated rings. The lowest BCUT2D eigenvalue weighted by Crippen LogP contribution is -2.29. The molecule has 7 heteroatoms. The minimum absolute atomic E-state index is 0.0403. The molecule has 0 saturated heterocycles. The normalized spacial score (nSPS) is 18.8. The number of nitrogens with one attached hydrogen (secondary N) is 2. The number of carbonyl (C=O) groups excluding carboxylic acids is 1. The highest BCUT2D eigenvalue weighted by Gasteiger charge is 2.38. The standard InChI is InChI=1S/C30H26N2O5/c1-35-18-11-12-26(36-2)20(15-18)17-13-24-28(25(33)14-17)29(32-23-9-5-4-8-22(23)31-24)21-16-37-27-10-6-3-7-19(27)30(21)34/h3-12,15-17,29,31-32H,13-14H2,1-2H3. The summed E-state index contributed by atoms with van der Waals surface area (Å²) in [6.45, 7) is 0. The molecule has 2 unspecified atom stereocenters. The van der Waals surface area contributed by atoms with E-state index in [0.29, 0.717) is 40.0 Å². The first-order valence-corrected chi connectivity index (χ1v) is 12.2. The van der Waals surface area contributed by atoms with Crippen LogP contribution in [0.15, 0.2) is 93.5 Å². The van der Waals surface area contributed by atoms with E-state index in [1.54, 1.807) is 26.4 Å². The van der Waals surface area contributed by atoms with E-state index in [4.69, 9.17) is 13.9 Å². The second-order valence-corrected chi connectivity index (χ2v) is 9.29. The van der Waals surface area contributed by atoms with E-state index in [9.17, 15) is 9.59 Å². The molecule has 0 amide bonds. The van der Waals surface area contributed by atoms with Crippen molar-refractivity contribution in [2.24, 2.45) is 0 Å². The number of hydrogen-bond acceptors (Lipinski definition) is 7. The van der Waals surface area contributed by atoms with Gasteiger partial charge in [0, 0.05) is 29.2 Å². The molecule has 186 valence electrons. The van der Waals surface area contributed by atoms with Crippen molar-refractivity contribution in [3.8, 4) is 11.5 Å². The van der Waals surface area contributed by atoms with Crippen LogP contribution >= 0.6 is 0 Å². The zero-order chi connectivity index (χ0) is 25.5. The number of Topliss-reactive ketones (excluding diaryl/α,β-unsaturated/α-hetero) is 1. The van der Waals surface area contributed by atoms with Gasteiger partial charge in [0.25, 0.3) is 0 Å². The van der Waals surface area contributed by atoms with Crippen LogP contribution in [-0.2, 0) is 4.79 Å². The van der Waals surface area contributed by atoms with Crippen LogP contribution in [0.3, 0.4) is 0 Å². The first-order valence-electron chi connectivity index (χ1n) is 12.2. The third kappa shape index (κ3) is 3.93. The fourth-order valence-corrected chi connectivity index (χ4v) is 5.40. The van der Waals surface area contributed by atoms with Crippen LogP contribution in [-0.4, -0.2) is 20.0 Å². The third-order valence-electron chi connectivity index (χ3n) is 7.20. The van der Waals surface area contributed by atoms with E-state index in [1.165, 1.54) is 6.26 Å². The summed E-state index contributed by atoms with van der Waals surface area (Å²) in [4.78, 5) is 27.5. The number of rotatable bonds is 4. The first-order chi connectivity index (χ1) is 18.1. The average Bonchev–Trinajstić information content (AvgIpc) is 3.10. The summed E-state index contributed by atoms with van der Waals surface area (Å²) in [5.74, 6) is 1.25. The van der Waals surface area contributed by atoms with E-state index < -0.39 is 6.04 Å². The lowest BCUT2D eigenvalue weighted by atomic mass is 9.78. The topological polar surface area (TPSA) is 89.8 Å². The van der Waals surface area contributed by atoms with E-state index in [1.807, 2.05) is 54.6 Å². The summed E-state index contributed by atoms with van der Waals surface area (Å²) in [6.07, 6.45) is 2.32. The largest absolute Gasteiger partial charge is 0.497 e. The van der Waals surface area contributed by atoms with Crippen LogP contribution in [0.4, 0.5) is 11.4 Å². The van der Waals surface area contributed by atoms with Gasteiger partial charge in [0.05, 0.1) is 42.6 Å². The van der Waals surface area contributed by atoms with E-state index >= 15 is 0 Å². The maximum Gasteiger partial charge on any atom is 0.198 e. The number of allylic oxidation sites excluding steroid dienone is 1. The Kier molecular flexibility index (Phi) is 5.68. The molecule has 0 bridgehead atoms. The Bertz CT molecular complexity index is 1620. The zero-order valence-corrected chi connectivity index (χ0v) is 20.5. The molecule has 2 atom stereocenters. The predicted octanol–water partition coefficient (Wildman–Crippen LogP) is 5.79. The maximum atomic E-state index is 13.9. The molecule has 2 N–H and O–H groups in total. The second kappa shape index (κ2) is 9.17. The molecule has 3 aromatic carbocycles. The fraction of sp³-hybridized carbons (Fsp3) is 0.200. The van der Waals surface area contributed by atoms with Gasteiger partial charge in [-0.3, -0.25) is 9.59 Å². The van der Waals surface area contributed by atoms with Crippen molar-refractivity contribution in [2.75, 3.05) is 24.9 Å². The Labute approximate surface area is 213 Å². The van der Waals surface area contributed by atoms with E-state index in [-0.39, 0.29) is 23.6 Å². The molecule has 0 spiro atoms. The third-order valence-corrected chi connectivity index (χ3v) is 7.20. The highest BCUT2D eigenvalue weighted by Crippen LogP contribution is 2.46. The van der Waals surface area contributed by atoms with Crippen molar-refractivity contribution in [3.63, 3.8) is 0 Å². The molecule has 6 rings (SSSR count). The van der Waals surface area contributed by atoms with Crippen LogP contribution in [0.5, 0.6) is 11.5 Å². The Balaban J connectivity index is 1.51. The van der Waals surface area contributed by atoms with Crippen molar-refractivity contribution in [1.29, 1.82) is 0 Å². The highest BCUT2D eigenvalue weighted by molar-refractivity contribution is 6.01. The average molecular weight is 495 g/mol. The van der Waals surface area contributed by atoms with Crippen molar-refractivity contribution in [2.45, 2.75) is 24.8 Å². The molecule has 37 heavy (non-hydrogen) atoms. The number of ether oxygens (including phenoxy) is 2. The Hall–Kier alpha value is -4.52. The van der Waals surface area contributed by atoms with Crippen LogP contribution in [0.1, 0.15) is 35.9 Å². The highest BCUT2D eigenvalue weighted by atomic mass is 16.5. The minimum atomic E-state index is -0.660. The number of fused-ring (bicyclic) bond motifs is 2. The Morgan fingerprint density at radius 3 is 2.46 bits per heavy atom. The van der Waals surface area contributed by atoms with Crippen LogP contribution in [0.25, 0.3) is 11.0 Å². The lowest BCUT2D eigenvalue weighted by molar-refractivity contribution is -0.116. The van der Waals surface area contributed by atoms with Crippen molar-refractivity contribution in [1.82, 2.24) is 0 Å². The number of anilines is 2. The van der Waals surface area contributed by atoms with E-state index in [0.717, 1.165) is 22.6 Å². The van der Waals surface area contributed by atoms with Gasteiger partial charge in [0.1, 0.15) is 23.3 Å². The molecular weight excluding hydrogens is 468 g/mol. The van der Waals surface area contributed by atoms with Gasteiger partial charge in [0.15, 0.2) is 11.2 Å². The first kappa shape index (κ1) is 22.9. The number of benzene rings is 3. The molecule has 2 heterocycles. The number of ketones is 1. The smallest absolute Gasteiger partial charge is 0.198 e. The summed E-state index contributed by atoms with van der Waals surface area (Å²) in [6, 6.07) is 19.9. The Morgan fingerprint density at radius 2 is 1.65 bits per heavy atom. The van der Waals surface area contributed by atoms with Gasteiger partial charge in [-0.2, -0.15) is 0 Å². The fourth-order valence-electron chi connectivity index (χ4n) is 5.40. The SMILES string of the molecule is COc1ccc(OC)c(C2CC(=O)C3=C(C2)Nc2ccccc2NC3c2coc3ccccc3c2=O)c1. The van der Waals surface area contributed by atoms with Gasteiger partial charge < -0.3 is 24.5 Å². The quantitative estimate of drug-likeness (QED) is 0.371. The van der Waals surface area contributed by atoms with Crippen molar-refractivity contribution >= 4 is 28.1 Å². The van der Waals surface area contributed by atoms with Crippen LogP contribution < -0.4 is 25.5 Å². The molecule has 0 saturated carbocycles. The second-order valence-electron chi connectivity index (χ2n) is 9.29. The predicted molar refractivity (Wildman–Crippen MR) is 142 cm³/mol.